The summed E-state index contributed by atoms with van der Waals surface area (Å²) in [5.74, 6) is 0.746. The average molecular weight is 200 g/mol. The first-order chi connectivity index (χ1) is 7.29. The summed E-state index contributed by atoms with van der Waals surface area (Å²) < 4.78 is 5.12. The Morgan fingerprint density at radius 2 is 2.07 bits per heavy atom. The Morgan fingerprint density at radius 1 is 1.20 bits per heavy atom. The highest BCUT2D eigenvalue weighted by Crippen LogP contribution is 2.20. The van der Waals surface area contributed by atoms with E-state index in [1.165, 1.54) is 5.56 Å². The van der Waals surface area contributed by atoms with Gasteiger partial charge in [-0.1, -0.05) is 0 Å². The molecule has 3 nitrogen and oxygen atoms in total. The Labute approximate surface area is 88.8 Å². The molecule has 0 aromatic carbocycles. The van der Waals surface area contributed by atoms with Gasteiger partial charge in [-0.3, -0.25) is 9.97 Å². The van der Waals surface area contributed by atoms with E-state index in [-0.39, 0.29) is 0 Å². The maximum Gasteiger partial charge on any atom is 0.137 e. The van der Waals surface area contributed by atoms with Gasteiger partial charge < -0.3 is 4.74 Å². The molecule has 2 heterocycles. The smallest absolute Gasteiger partial charge is 0.137 e. The standard InChI is InChI=1S/C12H12N2O/c1-9-3-4-14-12(5-9)10-6-11(15-2)8-13-7-10/h3-8H,1-2H3. The largest absolute Gasteiger partial charge is 0.495 e. The van der Waals surface area contributed by atoms with Crippen LogP contribution < -0.4 is 4.74 Å². The molecule has 0 saturated heterocycles. The van der Waals surface area contributed by atoms with E-state index in [0.29, 0.717) is 0 Å². The molecule has 3 heteroatoms. The molecule has 0 fully saturated rings. The molecule has 0 aliphatic heterocycles. The highest BCUT2D eigenvalue weighted by Gasteiger charge is 2.01. The maximum absolute atomic E-state index is 5.12. The third-order valence-corrected chi connectivity index (χ3v) is 2.16. The topological polar surface area (TPSA) is 35.0 Å². The van der Waals surface area contributed by atoms with Gasteiger partial charge in [-0.15, -0.1) is 0 Å². The molecule has 2 aromatic heterocycles. The monoisotopic (exact) mass is 200 g/mol. The number of nitrogens with zero attached hydrogens (tertiary/aromatic N) is 2. The summed E-state index contributed by atoms with van der Waals surface area (Å²) in [4.78, 5) is 8.39. The second-order valence-electron chi connectivity index (χ2n) is 3.33. The molecule has 2 aromatic rings. The van der Waals surface area contributed by atoms with Gasteiger partial charge in [0.2, 0.25) is 0 Å². The van der Waals surface area contributed by atoms with Gasteiger partial charge in [0.1, 0.15) is 5.75 Å². The van der Waals surface area contributed by atoms with E-state index in [1.54, 1.807) is 25.7 Å². The zero-order chi connectivity index (χ0) is 10.7. The van der Waals surface area contributed by atoms with Crippen molar-refractivity contribution in [1.82, 2.24) is 9.97 Å². The third-order valence-electron chi connectivity index (χ3n) is 2.16. The normalized spacial score (nSPS) is 10.0. The maximum atomic E-state index is 5.12. The lowest BCUT2D eigenvalue weighted by molar-refractivity contribution is 0.413. The molecule has 0 aliphatic rings. The van der Waals surface area contributed by atoms with Gasteiger partial charge in [0.05, 0.1) is 19.0 Å². The summed E-state index contributed by atoms with van der Waals surface area (Å²) in [6.07, 6.45) is 5.26. The summed E-state index contributed by atoms with van der Waals surface area (Å²) in [7, 11) is 1.63. The SMILES string of the molecule is COc1cncc(-c2cc(C)ccn2)c1. The molecule has 0 aliphatic carbocycles. The van der Waals surface area contributed by atoms with Gasteiger partial charge in [-0.2, -0.15) is 0 Å². The summed E-state index contributed by atoms with van der Waals surface area (Å²) in [5, 5.41) is 0. The second kappa shape index (κ2) is 4.09. The molecule has 0 bridgehead atoms. The Hall–Kier alpha value is -1.90. The predicted octanol–water partition coefficient (Wildman–Crippen LogP) is 2.46. The number of ether oxygens (including phenoxy) is 1. The van der Waals surface area contributed by atoms with Crippen LogP contribution in [0.1, 0.15) is 5.56 Å². The van der Waals surface area contributed by atoms with Crippen LogP contribution in [0.25, 0.3) is 11.3 Å². The Kier molecular flexibility index (Phi) is 2.63. The van der Waals surface area contributed by atoms with Crippen LogP contribution in [0, 0.1) is 6.92 Å². The van der Waals surface area contributed by atoms with E-state index in [2.05, 4.69) is 9.97 Å². The fourth-order valence-corrected chi connectivity index (χ4v) is 1.36. The van der Waals surface area contributed by atoms with Crippen molar-refractivity contribution in [2.75, 3.05) is 7.11 Å². The minimum Gasteiger partial charge on any atom is -0.495 e. The zero-order valence-corrected chi connectivity index (χ0v) is 8.77. The zero-order valence-electron chi connectivity index (χ0n) is 8.77. The first-order valence-electron chi connectivity index (χ1n) is 4.71. The summed E-state index contributed by atoms with van der Waals surface area (Å²) in [5.41, 5.74) is 3.07. The summed E-state index contributed by atoms with van der Waals surface area (Å²) >= 11 is 0. The molecular formula is C12H12N2O. The quantitative estimate of drug-likeness (QED) is 0.747. The molecule has 2 rings (SSSR count). The van der Waals surface area contributed by atoms with Crippen LogP contribution in [-0.4, -0.2) is 17.1 Å². The molecule has 0 spiro atoms. The number of pyridine rings is 2. The fraction of sp³-hybridized carbons (Fsp3) is 0.167. The molecule has 15 heavy (non-hydrogen) atoms. The summed E-state index contributed by atoms with van der Waals surface area (Å²) in [6, 6.07) is 5.92. The van der Waals surface area contributed by atoms with Crippen LogP contribution in [0.15, 0.2) is 36.8 Å². The lowest BCUT2D eigenvalue weighted by atomic mass is 10.1. The van der Waals surface area contributed by atoms with Gasteiger partial charge in [0.25, 0.3) is 0 Å². The van der Waals surface area contributed by atoms with Crippen molar-refractivity contribution in [3.63, 3.8) is 0 Å². The van der Waals surface area contributed by atoms with E-state index >= 15 is 0 Å². The van der Waals surface area contributed by atoms with Crippen LogP contribution >= 0.6 is 0 Å². The van der Waals surface area contributed by atoms with Gasteiger partial charge in [0.15, 0.2) is 0 Å². The van der Waals surface area contributed by atoms with Crippen LogP contribution in [0.4, 0.5) is 0 Å². The minimum atomic E-state index is 0.746. The predicted molar refractivity (Wildman–Crippen MR) is 58.8 cm³/mol. The molecular weight excluding hydrogens is 188 g/mol. The Balaban J connectivity index is 2.44. The van der Waals surface area contributed by atoms with E-state index < -0.39 is 0 Å². The van der Waals surface area contributed by atoms with Crippen molar-refractivity contribution in [2.24, 2.45) is 0 Å². The van der Waals surface area contributed by atoms with Gasteiger partial charge in [-0.05, 0) is 30.7 Å². The second-order valence-corrected chi connectivity index (χ2v) is 3.33. The molecule has 0 atom stereocenters. The van der Waals surface area contributed by atoms with Crippen LogP contribution in [-0.2, 0) is 0 Å². The summed E-state index contributed by atoms with van der Waals surface area (Å²) in [6.45, 7) is 2.04. The van der Waals surface area contributed by atoms with Crippen molar-refractivity contribution in [3.8, 4) is 17.0 Å². The highest BCUT2D eigenvalue weighted by atomic mass is 16.5. The molecule has 0 N–H and O–H groups in total. The van der Waals surface area contributed by atoms with Crippen molar-refractivity contribution >= 4 is 0 Å². The van der Waals surface area contributed by atoms with E-state index in [9.17, 15) is 0 Å². The number of rotatable bonds is 2. The first kappa shape index (κ1) is 9.65. The van der Waals surface area contributed by atoms with Crippen molar-refractivity contribution in [2.45, 2.75) is 6.92 Å². The van der Waals surface area contributed by atoms with Crippen molar-refractivity contribution in [1.29, 1.82) is 0 Å². The lowest BCUT2D eigenvalue weighted by Gasteiger charge is -2.03. The molecule has 0 amide bonds. The van der Waals surface area contributed by atoms with Gasteiger partial charge in [0, 0.05) is 18.0 Å². The average Bonchev–Trinajstić information content (AvgIpc) is 2.29. The number of methoxy groups -OCH3 is 1. The molecule has 76 valence electrons. The number of aryl methyl sites for hydroxylation is 1. The van der Waals surface area contributed by atoms with Crippen LogP contribution in [0.3, 0.4) is 0 Å². The van der Waals surface area contributed by atoms with E-state index in [4.69, 9.17) is 4.74 Å². The van der Waals surface area contributed by atoms with Gasteiger partial charge in [-0.25, -0.2) is 0 Å². The number of aromatic nitrogens is 2. The molecule has 0 radical (unpaired) electrons. The molecule has 0 saturated carbocycles. The first-order valence-corrected chi connectivity index (χ1v) is 4.71. The van der Waals surface area contributed by atoms with E-state index in [1.807, 2.05) is 25.1 Å². The van der Waals surface area contributed by atoms with E-state index in [0.717, 1.165) is 17.0 Å². The highest BCUT2D eigenvalue weighted by molar-refractivity contribution is 5.60. The third kappa shape index (κ3) is 2.13. The van der Waals surface area contributed by atoms with Crippen LogP contribution in [0.5, 0.6) is 5.75 Å². The fourth-order valence-electron chi connectivity index (χ4n) is 1.36. The number of hydrogen-bond acceptors (Lipinski definition) is 3. The minimum absolute atomic E-state index is 0.746. The van der Waals surface area contributed by atoms with Gasteiger partial charge >= 0.3 is 0 Å². The molecule has 0 unspecified atom stereocenters. The number of hydrogen-bond donors (Lipinski definition) is 0. The Bertz CT molecular complexity index is 469. The van der Waals surface area contributed by atoms with Crippen molar-refractivity contribution < 1.29 is 4.74 Å². The Morgan fingerprint density at radius 3 is 2.80 bits per heavy atom. The van der Waals surface area contributed by atoms with Crippen LogP contribution in [0.2, 0.25) is 0 Å². The lowest BCUT2D eigenvalue weighted by Crippen LogP contribution is -1.88. The van der Waals surface area contributed by atoms with Crippen molar-refractivity contribution in [3.05, 3.63) is 42.4 Å².